The minimum Gasteiger partial charge on any atom is -0.465 e. The fourth-order valence-corrected chi connectivity index (χ4v) is 2.98. The summed E-state index contributed by atoms with van der Waals surface area (Å²) >= 11 is 0. The number of piperidine rings is 1. The van der Waals surface area contributed by atoms with Crippen LogP contribution in [0.4, 0.5) is 4.79 Å². The van der Waals surface area contributed by atoms with Gasteiger partial charge in [0.2, 0.25) is 0 Å². The zero-order chi connectivity index (χ0) is 15.7. The zero-order valence-electron chi connectivity index (χ0n) is 12.1. The number of hydrogen-bond acceptors (Lipinski definition) is 4. The van der Waals surface area contributed by atoms with Crippen molar-refractivity contribution in [2.24, 2.45) is 0 Å². The van der Waals surface area contributed by atoms with Crippen molar-refractivity contribution in [2.75, 3.05) is 13.1 Å². The molecular weight excluding hydrogens is 282 g/mol. The molecule has 1 aliphatic heterocycles. The molecule has 0 radical (unpaired) electrons. The largest absolute Gasteiger partial charge is 0.465 e. The van der Waals surface area contributed by atoms with Gasteiger partial charge in [-0.15, -0.1) is 0 Å². The molecule has 1 saturated heterocycles. The van der Waals surface area contributed by atoms with Crippen molar-refractivity contribution in [1.82, 2.24) is 4.90 Å². The second-order valence-electron chi connectivity index (χ2n) is 4.66. The summed E-state index contributed by atoms with van der Waals surface area (Å²) in [6.45, 7) is 2.01. The quantitative estimate of drug-likeness (QED) is 0.861. The Labute approximate surface area is 119 Å². The first-order valence-corrected chi connectivity index (χ1v) is 7.63. The summed E-state index contributed by atoms with van der Waals surface area (Å²) in [6.07, 6.45) is -2.65. The van der Waals surface area contributed by atoms with E-state index in [1.54, 1.807) is 12.1 Å². The van der Waals surface area contributed by atoms with Gasteiger partial charge in [0.1, 0.15) is 0 Å². The lowest BCUT2D eigenvalue weighted by Crippen LogP contribution is -2.40. The van der Waals surface area contributed by atoms with Crippen molar-refractivity contribution in [3.05, 3.63) is 29.8 Å². The predicted octanol–water partition coefficient (Wildman–Crippen LogP) is 1.84. The molecule has 7 heteroatoms. The Morgan fingerprint density at radius 1 is 1.35 bits per heavy atom. The highest BCUT2D eigenvalue weighted by Crippen LogP contribution is 2.20. The molecule has 20 heavy (non-hydrogen) atoms. The van der Waals surface area contributed by atoms with Crippen LogP contribution in [0.5, 0.6) is 0 Å². The van der Waals surface area contributed by atoms with Crippen LogP contribution in [-0.4, -0.2) is 43.7 Å². The Hall–Kier alpha value is -1.60. The maximum atomic E-state index is 12.2. The Kier molecular flexibility index (Phi) is 3.88. The van der Waals surface area contributed by atoms with Crippen LogP contribution < -0.4 is 0 Å². The highest BCUT2D eigenvalue weighted by Gasteiger charge is 2.27. The molecule has 0 atom stereocenters. The highest BCUT2D eigenvalue weighted by atomic mass is 32.2. The number of hydrogen-bond donors (Lipinski definition) is 1. The molecule has 0 spiro atoms. The van der Waals surface area contributed by atoms with Crippen LogP contribution in [0.3, 0.4) is 0 Å². The minimum absolute atomic E-state index is 0.000360. The fraction of sp³-hybridized carbons (Fsp3) is 0.462. The Morgan fingerprint density at radius 2 is 1.90 bits per heavy atom. The Bertz CT molecular complexity index is 620. The fourth-order valence-electron chi connectivity index (χ4n) is 1.94. The molecule has 0 aliphatic carbocycles. The molecule has 110 valence electrons. The van der Waals surface area contributed by atoms with E-state index in [0.717, 1.165) is 10.5 Å². The van der Waals surface area contributed by atoms with Gasteiger partial charge in [0, 0.05) is 13.1 Å². The van der Waals surface area contributed by atoms with E-state index in [1.807, 2.05) is 6.92 Å². The summed E-state index contributed by atoms with van der Waals surface area (Å²) in [5, 5.41) is 8.85. The lowest BCUT2D eigenvalue weighted by atomic mass is 10.1. The van der Waals surface area contributed by atoms with E-state index in [9.17, 15) is 13.2 Å². The van der Waals surface area contributed by atoms with Crippen molar-refractivity contribution in [3.8, 4) is 0 Å². The van der Waals surface area contributed by atoms with Crippen LogP contribution in [-0.2, 0) is 14.3 Å². The van der Waals surface area contributed by atoms with Crippen LogP contribution in [0.25, 0.3) is 0 Å². The number of benzene rings is 1. The zero-order valence-corrected chi connectivity index (χ0v) is 11.9. The van der Waals surface area contributed by atoms with E-state index >= 15 is 0 Å². The van der Waals surface area contributed by atoms with E-state index in [2.05, 4.69) is 0 Å². The molecular formula is C13H17NO5S. The number of likely N-dealkylation sites (tertiary alicyclic amines) is 1. The van der Waals surface area contributed by atoms with Crippen LogP contribution >= 0.6 is 0 Å². The lowest BCUT2D eigenvalue weighted by Gasteiger charge is -2.29. The van der Waals surface area contributed by atoms with Crippen molar-refractivity contribution in [2.45, 2.75) is 30.7 Å². The molecule has 1 aliphatic rings. The molecule has 1 N–H and O–H groups in total. The first-order valence-electron chi connectivity index (χ1n) is 6.72. The summed E-state index contributed by atoms with van der Waals surface area (Å²) in [7, 11) is -4.03. The van der Waals surface area contributed by atoms with Gasteiger partial charge < -0.3 is 10.0 Å². The normalized spacial score (nSPS) is 19.4. The van der Waals surface area contributed by atoms with E-state index < -0.39 is 22.3 Å². The monoisotopic (exact) mass is 300 g/mol. The molecule has 1 heterocycles. The third-order valence-electron chi connectivity index (χ3n) is 3.13. The van der Waals surface area contributed by atoms with Gasteiger partial charge >= 0.3 is 6.09 Å². The SMILES string of the molecule is [2H]C1(OS(=O)(=O)c2ccc(C)cc2)CCN(C(=O)O)CC1. The molecule has 2 rings (SSSR count). The maximum absolute atomic E-state index is 12.2. The summed E-state index contributed by atoms with van der Waals surface area (Å²) in [4.78, 5) is 12.0. The highest BCUT2D eigenvalue weighted by molar-refractivity contribution is 7.86. The number of nitrogens with zero attached hydrogens (tertiary/aromatic N) is 1. The lowest BCUT2D eigenvalue weighted by molar-refractivity contribution is 0.0928. The van der Waals surface area contributed by atoms with Gasteiger partial charge in [-0.05, 0) is 31.9 Å². The first kappa shape index (κ1) is 13.4. The number of carbonyl (C=O) groups is 1. The average molecular weight is 300 g/mol. The van der Waals surface area contributed by atoms with Crippen molar-refractivity contribution >= 4 is 16.2 Å². The molecule has 1 aromatic carbocycles. The second kappa shape index (κ2) is 5.80. The van der Waals surface area contributed by atoms with E-state index in [1.165, 1.54) is 12.1 Å². The van der Waals surface area contributed by atoms with Gasteiger partial charge in [-0.1, -0.05) is 17.7 Å². The van der Waals surface area contributed by atoms with Gasteiger partial charge in [0.05, 0.1) is 12.3 Å². The third kappa shape index (κ3) is 3.49. The van der Waals surface area contributed by atoms with Crippen molar-refractivity contribution in [3.63, 3.8) is 0 Å². The Balaban J connectivity index is 2.10. The summed E-state index contributed by atoms with van der Waals surface area (Å²) < 4.78 is 37.4. The standard InChI is InChI=1S/C13H17NO5S/c1-10-2-4-12(5-3-10)20(17,18)19-11-6-8-14(9-7-11)13(15)16/h2-5,11H,6-9H2,1H3,(H,15,16)/i11D. The van der Waals surface area contributed by atoms with E-state index in [-0.39, 0.29) is 30.8 Å². The van der Waals surface area contributed by atoms with Crippen LogP contribution in [0.1, 0.15) is 19.8 Å². The number of rotatable bonds is 3. The molecule has 1 fully saturated rings. The van der Waals surface area contributed by atoms with Gasteiger partial charge in [0.25, 0.3) is 10.1 Å². The molecule has 0 unspecified atom stereocenters. The third-order valence-corrected chi connectivity index (χ3v) is 4.43. The number of aryl methyl sites for hydroxylation is 1. The van der Waals surface area contributed by atoms with Crippen LogP contribution in [0, 0.1) is 6.92 Å². The Morgan fingerprint density at radius 3 is 2.40 bits per heavy atom. The number of amides is 1. The maximum Gasteiger partial charge on any atom is 0.407 e. The van der Waals surface area contributed by atoms with Crippen molar-refractivity contribution < 1.29 is 23.9 Å². The minimum atomic E-state index is -4.03. The number of carboxylic acid groups (broad SMARTS) is 1. The predicted molar refractivity (Wildman–Crippen MR) is 72.1 cm³/mol. The van der Waals surface area contributed by atoms with Crippen LogP contribution in [0.2, 0.25) is 0 Å². The average Bonchev–Trinajstić information content (AvgIpc) is 2.38. The van der Waals surface area contributed by atoms with Gasteiger partial charge in [-0.2, -0.15) is 8.42 Å². The molecule has 1 amide bonds. The molecule has 1 aromatic rings. The van der Waals surface area contributed by atoms with Crippen LogP contribution in [0.15, 0.2) is 29.2 Å². The molecule has 0 saturated carbocycles. The van der Waals surface area contributed by atoms with Gasteiger partial charge in [-0.25, -0.2) is 4.79 Å². The summed E-state index contributed by atoms with van der Waals surface area (Å²) in [6, 6.07) is 6.17. The first-order chi connectivity index (χ1) is 9.72. The molecule has 0 bridgehead atoms. The summed E-state index contributed by atoms with van der Waals surface area (Å²) in [5.41, 5.74) is 0.921. The molecule has 6 nitrogen and oxygen atoms in total. The summed E-state index contributed by atoms with van der Waals surface area (Å²) in [5.74, 6) is 0. The van der Waals surface area contributed by atoms with E-state index in [0.29, 0.717) is 0 Å². The topological polar surface area (TPSA) is 83.9 Å². The second-order valence-corrected chi connectivity index (χ2v) is 6.21. The van der Waals surface area contributed by atoms with Gasteiger partial charge in [0.15, 0.2) is 0 Å². The smallest absolute Gasteiger partial charge is 0.407 e. The van der Waals surface area contributed by atoms with Gasteiger partial charge in [-0.3, -0.25) is 4.18 Å². The van der Waals surface area contributed by atoms with Crippen molar-refractivity contribution in [1.29, 1.82) is 0 Å². The molecule has 0 aromatic heterocycles. The van der Waals surface area contributed by atoms with E-state index in [4.69, 9.17) is 10.7 Å².